The van der Waals surface area contributed by atoms with Crippen LogP contribution in [0.1, 0.15) is 11.1 Å². The largest absolute Gasteiger partial charge is 0.389 e. The number of carbonyl (C=O) groups excluding carboxylic acids is 1. The predicted octanol–water partition coefficient (Wildman–Crippen LogP) is 1.47. The van der Waals surface area contributed by atoms with Gasteiger partial charge in [-0.15, -0.1) is 0 Å². The average molecular weight is 561 g/mol. The van der Waals surface area contributed by atoms with Crippen molar-refractivity contribution in [3.05, 3.63) is 77.9 Å². The molecule has 3 N–H and O–H groups in total. The third kappa shape index (κ3) is 6.51. The zero-order chi connectivity index (χ0) is 26.8. The number of nitrogens with two attached hydrogens (primary N) is 1. The fraction of sp³-hybridized carbons (Fsp3) is 0.280. The molecular weight excluding hydrogens is 532 g/mol. The van der Waals surface area contributed by atoms with E-state index < -0.39 is 32.0 Å². The maximum absolute atomic E-state index is 13.6. The minimum atomic E-state index is -4.07. The van der Waals surface area contributed by atoms with Crippen LogP contribution in [0.3, 0.4) is 0 Å². The third-order valence-electron chi connectivity index (χ3n) is 6.30. The van der Waals surface area contributed by atoms with Gasteiger partial charge in [-0.2, -0.15) is 9.03 Å². The lowest BCUT2D eigenvalue weighted by Gasteiger charge is -2.35. The number of fused-ring (bicyclic) bond motifs is 1. The van der Waals surface area contributed by atoms with Crippen molar-refractivity contribution in [2.24, 2.45) is 5.73 Å². The predicted molar refractivity (Wildman–Crippen MR) is 147 cm³/mol. The number of nitrogens with one attached hydrogen (secondary N) is 1. The number of hydrogen-bond donors (Lipinski definition) is 2. The van der Waals surface area contributed by atoms with Crippen molar-refractivity contribution < 1.29 is 21.6 Å². The van der Waals surface area contributed by atoms with Crippen molar-refractivity contribution in [3.8, 4) is 0 Å². The molecule has 9 nitrogen and oxygen atoms in total. The van der Waals surface area contributed by atoms with Crippen LogP contribution in [-0.4, -0.2) is 75.4 Å². The van der Waals surface area contributed by atoms with Gasteiger partial charge in [0.25, 0.3) is 0 Å². The third-order valence-corrected chi connectivity index (χ3v) is 9.31. The van der Waals surface area contributed by atoms with E-state index in [2.05, 4.69) is 4.72 Å². The van der Waals surface area contributed by atoms with Gasteiger partial charge in [0, 0.05) is 31.7 Å². The van der Waals surface area contributed by atoms with E-state index in [1.807, 2.05) is 24.3 Å². The molecule has 1 amide bonds. The van der Waals surface area contributed by atoms with Crippen LogP contribution in [0, 0.1) is 0 Å². The van der Waals surface area contributed by atoms with E-state index in [0.717, 1.165) is 17.0 Å². The lowest BCUT2D eigenvalue weighted by molar-refractivity contribution is -0.134. The van der Waals surface area contributed by atoms with Gasteiger partial charge in [-0.1, -0.05) is 60.7 Å². The van der Waals surface area contributed by atoms with Crippen LogP contribution in [0.25, 0.3) is 10.8 Å². The first-order valence-corrected chi connectivity index (χ1v) is 15.3. The molecule has 1 heterocycles. The van der Waals surface area contributed by atoms with Crippen LogP contribution < -0.4 is 10.5 Å². The highest BCUT2D eigenvalue weighted by Crippen LogP contribution is 2.20. The summed E-state index contributed by atoms with van der Waals surface area (Å²) in [5.41, 5.74) is 7.04. The lowest BCUT2D eigenvalue weighted by atomic mass is 10.0. The maximum atomic E-state index is 13.6. The number of benzene rings is 3. The van der Waals surface area contributed by atoms with E-state index in [9.17, 15) is 21.6 Å². The Morgan fingerprint density at radius 2 is 1.62 bits per heavy atom. The second-order valence-corrected chi connectivity index (χ2v) is 13.1. The van der Waals surface area contributed by atoms with Crippen LogP contribution in [0.5, 0.6) is 0 Å². The van der Waals surface area contributed by atoms with Gasteiger partial charge < -0.3 is 10.6 Å². The van der Waals surface area contributed by atoms with E-state index in [1.54, 1.807) is 36.4 Å². The Labute approximate surface area is 222 Å². The number of piperazine rings is 1. The smallest absolute Gasteiger partial charge is 0.241 e. The van der Waals surface area contributed by atoms with Gasteiger partial charge in [-0.25, -0.2) is 16.8 Å². The lowest BCUT2D eigenvalue weighted by Crippen LogP contribution is -2.56. The highest BCUT2D eigenvalue weighted by Gasteiger charge is 2.33. The number of carbonyl (C=O) groups is 1. The van der Waals surface area contributed by atoms with Gasteiger partial charge in [0.2, 0.25) is 26.0 Å². The molecule has 0 radical (unpaired) electrons. The van der Waals surface area contributed by atoms with Gasteiger partial charge in [0.05, 0.1) is 11.2 Å². The summed E-state index contributed by atoms with van der Waals surface area (Å²) in [6, 6.07) is 18.1. The van der Waals surface area contributed by atoms with Crippen LogP contribution in [0.2, 0.25) is 0 Å². The standard InChI is InChI=1S/C25H28N4O5S3/c1-36(31,32)29-13-11-28(12-14-29)25(30)23(16-18-5-4-8-21(15-18)24(26)35)27-37(33,34)22-10-9-19-6-2-3-7-20(19)17-22/h2-10,15,17,23,27H,11-14,16H2,1H3,(H2,26,35)/t23-/m1/s1. The molecule has 1 atom stereocenters. The number of amides is 1. The highest BCUT2D eigenvalue weighted by molar-refractivity contribution is 7.89. The molecule has 0 aromatic heterocycles. The zero-order valence-corrected chi connectivity index (χ0v) is 22.7. The minimum Gasteiger partial charge on any atom is -0.389 e. The zero-order valence-electron chi connectivity index (χ0n) is 20.2. The molecule has 3 aromatic rings. The second kappa shape index (κ2) is 10.8. The molecule has 0 spiro atoms. The summed E-state index contributed by atoms with van der Waals surface area (Å²) in [6.07, 6.45) is 1.19. The van der Waals surface area contributed by atoms with Gasteiger partial charge in [0.1, 0.15) is 11.0 Å². The first-order valence-electron chi connectivity index (χ1n) is 11.6. The van der Waals surface area contributed by atoms with Crippen LogP contribution in [0.4, 0.5) is 0 Å². The summed E-state index contributed by atoms with van der Waals surface area (Å²) < 4.78 is 54.5. The molecule has 0 bridgehead atoms. The number of thiocarbonyl (C=S) groups is 1. The van der Waals surface area contributed by atoms with Crippen LogP contribution in [0.15, 0.2) is 71.6 Å². The molecule has 12 heteroatoms. The van der Waals surface area contributed by atoms with Crippen molar-refractivity contribution >= 4 is 53.9 Å². The molecule has 196 valence electrons. The Balaban J connectivity index is 1.62. The van der Waals surface area contributed by atoms with E-state index >= 15 is 0 Å². The van der Waals surface area contributed by atoms with Crippen molar-refractivity contribution in [2.45, 2.75) is 17.4 Å². The summed E-state index contributed by atoms with van der Waals surface area (Å²) in [6.45, 7) is 0.608. The number of sulfonamides is 2. The quantitative estimate of drug-likeness (QED) is 0.399. The minimum absolute atomic E-state index is 0.0442. The molecule has 0 saturated carbocycles. The van der Waals surface area contributed by atoms with E-state index in [4.69, 9.17) is 18.0 Å². The fourth-order valence-electron chi connectivity index (χ4n) is 4.32. The summed E-state index contributed by atoms with van der Waals surface area (Å²) in [5.74, 6) is -0.432. The first-order chi connectivity index (χ1) is 17.4. The van der Waals surface area contributed by atoms with Gasteiger partial charge >= 0.3 is 0 Å². The average Bonchev–Trinajstić information content (AvgIpc) is 2.87. The summed E-state index contributed by atoms with van der Waals surface area (Å²) in [7, 11) is -7.45. The van der Waals surface area contributed by atoms with E-state index in [1.165, 1.54) is 15.3 Å². The fourth-order valence-corrected chi connectivity index (χ4v) is 6.49. The Kier molecular flexibility index (Phi) is 7.95. The molecule has 1 aliphatic heterocycles. The van der Waals surface area contributed by atoms with E-state index in [0.29, 0.717) is 11.1 Å². The monoisotopic (exact) mass is 560 g/mol. The Morgan fingerprint density at radius 1 is 0.946 bits per heavy atom. The molecular formula is C25H28N4O5S3. The molecule has 1 aliphatic rings. The molecule has 0 aliphatic carbocycles. The van der Waals surface area contributed by atoms with Crippen molar-refractivity contribution in [1.29, 1.82) is 0 Å². The molecule has 4 rings (SSSR count). The molecule has 0 unspecified atom stereocenters. The summed E-state index contributed by atoms with van der Waals surface area (Å²) in [4.78, 5) is 15.3. The Bertz CT molecular complexity index is 1550. The number of rotatable bonds is 8. The van der Waals surface area contributed by atoms with Gasteiger partial charge in [0.15, 0.2) is 0 Å². The number of nitrogens with zero attached hydrogens (tertiary/aromatic N) is 2. The van der Waals surface area contributed by atoms with Gasteiger partial charge in [-0.05, 0) is 41.0 Å². The Morgan fingerprint density at radius 3 is 2.27 bits per heavy atom. The van der Waals surface area contributed by atoms with Crippen molar-refractivity contribution in [2.75, 3.05) is 32.4 Å². The van der Waals surface area contributed by atoms with Crippen LogP contribution >= 0.6 is 12.2 Å². The Hall–Kier alpha value is -2.90. The van der Waals surface area contributed by atoms with Crippen LogP contribution in [-0.2, 0) is 31.3 Å². The highest BCUT2D eigenvalue weighted by atomic mass is 32.2. The molecule has 3 aromatic carbocycles. The molecule has 37 heavy (non-hydrogen) atoms. The summed E-state index contributed by atoms with van der Waals surface area (Å²) in [5, 5.41) is 1.65. The second-order valence-electron chi connectivity index (χ2n) is 8.94. The normalized spacial score (nSPS) is 16.0. The summed E-state index contributed by atoms with van der Waals surface area (Å²) >= 11 is 5.06. The van der Waals surface area contributed by atoms with Crippen molar-refractivity contribution in [3.63, 3.8) is 0 Å². The first kappa shape index (κ1) is 27.1. The van der Waals surface area contributed by atoms with Crippen molar-refractivity contribution in [1.82, 2.24) is 13.9 Å². The number of hydrogen-bond acceptors (Lipinski definition) is 6. The SMILES string of the molecule is CS(=O)(=O)N1CCN(C(=O)[C@@H](Cc2cccc(C(N)=S)c2)NS(=O)(=O)c2ccc3ccccc3c2)CC1. The molecule has 1 saturated heterocycles. The maximum Gasteiger partial charge on any atom is 0.241 e. The van der Waals surface area contributed by atoms with E-state index in [-0.39, 0.29) is 42.5 Å². The van der Waals surface area contributed by atoms with Gasteiger partial charge in [-0.3, -0.25) is 4.79 Å². The molecule has 1 fully saturated rings. The topological polar surface area (TPSA) is 130 Å².